The van der Waals surface area contributed by atoms with Gasteiger partial charge in [-0.3, -0.25) is 9.69 Å². The zero-order valence-corrected chi connectivity index (χ0v) is 29.4. The second-order valence-corrected chi connectivity index (χ2v) is 13.8. The Balaban J connectivity index is 0.00000215. The van der Waals surface area contributed by atoms with E-state index in [-0.39, 0.29) is 60.9 Å². The predicted octanol–water partition coefficient (Wildman–Crippen LogP) is 8.62. The van der Waals surface area contributed by atoms with E-state index in [4.69, 9.17) is 4.98 Å². The second kappa shape index (κ2) is 16.9. The molecule has 43 heavy (non-hydrogen) atoms. The Morgan fingerprint density at radius 1 is 1.16 bits per heavy atom. The molecule has 1 aromatic carbocycles. The molecule has 1 saturated carbocycles. The van der Waals surface area contributed by atoms with Gasteiger partial charge in [-0.25, -0.2) is 9.37 Å². The average molecular weight is 693 g/mol. The predicted molar refractivity (Wildman–Crippen MR) is 185 cm³/mol. The molecule has 0 spiro atoms. The van der Waals surface area contributed by atoms with Crippen LogP contribution in [0.2, 0.25) is 0 Å². The minimum absolute atomic E-state index is 0. The molecule has 0 amide bonds. The van der Waals surface area contributed by atoms with Gasteiger partial charge in [-0.1, -0.05) is 32.9 Å². The molecule has 1 saturated heterocycles. The number of aliphatic carboxylic acids is 1. The molecule has 3 heterocycles. The SMILES string of the molecule is CCc1nc(-c2ccsc2)sc1C1CCN(CC2CC(N(C)[C@@H](C(=O)O)C(C)C)CC2c2cccc(F)c2)CC1.Cl.Cl.Cl. The molecule has 0 radical (unpaired) electrons. The second-order valence-electron chi connectivity index (χ2n) is 12.0. The topological polar surface area (TPSA) is 56.7 Å². The number of hydrogen-bond acceptors (Lipinski definition) is 6. The first-order chi connectivity index (χ1) is 19.2. The number of benzene rings is 1. The molecule has 1 N–H and O–H groups in total. The van der Waals surface area contributed by atoms with Crippen LogP contribution in [0.3, 0.4) is 0 Å². The number of thiazole rings is 1. The summed E-state index contributed by atoms with van der Waals surface area (Å²) in [5, 5.41) is 15.4. The van der Waals surface area contributed by atoms with Gasteiger partial charge in [-0.15, -0.1) is 48.6 Å². The Bertz CT molecular complexity index is 1280. The summed E-state index contributed by atoms with van der Waals surface area (Å²) >= 11 is 3.60. The summed E-state index contributed by atoms with van der Waals surface area (Å²) in [5.41, 5.74) is 3.54. The number of nitrogens with zero attached hydrogens (tertiary/aromatic N) is 3. The fourth-order valence-electron chi connectivity index (χ4n) is 7.09. The number of rotatable bonds is 10. The maximum atomic E-state index is 14.3. The van der Waals surface area contributed by atoms with Crippen LogP contribution >= 0.6 is 59.9 Å². The largest absolute Gasteiger partial charge is 0.480 e. The molecule has 2 aromatic heterocycles. The van der Waals surface area contributed by atoms with Gasteiger partial charge in [0.15, 0.2) is 0 Å². The van der Waals surface area contributed by atoms with Crippen molar-refractivity contribution >= 4 is 65.9 Å². The lowest BCUT2D eigenvalue weighted by Crippen LogP contribution is -2.47. The first-order valence-corrected chi connectivity index (χ1v) is 16.5. The van der Waals surface area contributed by atoms with Crippen LogP contribution in [0.5, 0.6) is 0 Å². The van der Waals surface area contributed by atoms with Crippen LogP contribution in [-0.4, -0.2) is 64.6 Å². The van der Waals surface area contributed by atoms with Crippen molar-refractivity contribution in [3.63, 3.8) is 0 Å². The Labute approximate surface area is 282 Å². The number of likely N-dealkylation sites (tertiary alicyclic amines) is 1. The molecular weight excluding hydrogens is 648 g/mol. The quantitative estimate of drug-likeness (QED) is 0.231. The van der Waals surface area contributed by atoms with Crippen molar-refractivity contribution in [3.05, 3.63) is 63.0 Å². The molecule has 5 nitrogen and oxygen atoms in total. The summed E-state index contributed by atoms with van der Waals surface area (Å²) in [5.74, 6) is 0.212. The highest BCUT2D eigenvalue weighted by Gasteiger charge is 2.42. The zero-order chi connectivity index (χ0) is 28.4. The normalized spacial score (nSPS) is 21.7. The molecule has 1 aliphatic carbocycles. The van der Waals surface area contributed by atoms with Crippen LogP contribution in [0.4, 0.5) is 4.39 Å². The number of hydrogen-bond donors (Lipinski definition) is 1. The fourth-order valence-corrected chi connectivity index (χ4v) is 9.12. The monoisotopic (exact) mass is 691 g/mol. The van der Waals surface area contributed by atoms with Crippen molar-refractivity contribution in [1.82, 2.24) is 14.8 Å². The van der Waals surface area contributed by atoms with Crippen LogP contribution in [-0.2, 0) is 11.2 Å². The molecule has 2 aliphatic rings. The number of carbonyl (C=O) groups is 1. The lowest BCUT2D eigenvalue weighted by atomic mass is 9.87. The number of aryl methyl sites for hydroxylation is 1. The molecule has 3 aromatic rings. The first-order valence-electron chi connectivity index (χ1n) is 14.7. The maximum Gasteiger partial charge on any atom is 0.321 e. The summed E-state index contributed by atoms with van der Waals surface area (Å²) in [7, 11) is 1.96. The lowest BCUT2D eigenvalue weighted by Gasteiger charge is -2.35. The van der Waals surface area contributed by atoms with Gasteiger partial charge in [-0.2, -0.15) is 11.3 Å². The third-order valence-corrected chi connectivity index (χ3v) is 11.1. The minimum Gasteiger partial charge on any atom is -0.480 e. The van der Waals surface area contributed by atoms with E-state index < -0.39 is 12.0 Å². The van der Waals surface area contributed by atoms with E-state index in [0.29, 0.717) is 11.8 Å². The average Bonchev–Trinajstić information content (AvgIpc) is 3.68. The Hall–Kier alpha value is -1.26. The van der Waals surface area contributed by atoms with Gasteiger partial charge in [-0.05, 0) is 105 Å². The third kappa shape index (κ3) is 8.72. The highest BCUT2D eigenvalue weighted by Crippen LogP contribution is 2.44. The maximum absolute atomic E-state index is 14.3. The number of likely N-dealkylation sites (N-methyl/N-ethyl adjacent to an activating group) is 1. The number of carboxylic acid groups (broad SMARTS) is 1. The third-order valence-electron chi connectivity index (χ3n) is 9.13. The van der Waals surface area contributed by atoms with Crippen molar-refractivity contribution < 1.29 is 14.3 Å². The summed E-state index contributed by atoms with van der Waals surface area (Å²) in [6.45, 7) is 9.24. The van der Waals surface area contributed by atoms with Crippen LogP contribution < -0.4 is 0 Å². The smallest absolute Gasteiger partial charge is 0.321 e. The number of halogens is 4. The van der Waals surface area contributed by atoms with Crippen LogP contribution in [0.25, 0.3) is 10.6 Å². The van der Waals surface area contributed by atoms with E-state index >= 15 is 0 Å². The standard InChI is InChI=1S/C32H42FN3O2S2.3ClH/c1-5-28-30(40-31(34-28)23-11-14-39-19-23)21-9-12-36(13-10-21)18-24-16-26(35(4)29(20(2)3)32(37)38)17-27(24)22-7-6-8-25(33)15-22;;;/h6-8,11,14-15,19-21,24,26-27,29H,5,9-10,12-13,16-18H2,1-4H3,(H,37,38);3*1H/t24?,26?,27?,29-;;;/m1.../s1. The van der Waals surface area contributed by atoms with Crippen LogP contribution in [0.15, 0.2) is 41.1 Å². The Morgan fingerprint density at radius 3 is 2.47 bits per heavy atom. The van der Waals surface area contributed by atoms with Crippen molar-refractivity contribution in [2.45, 2.75) is 76.8 Å². The van der Waals surface area contributed by atoms with E-state index in [2.05, 4.69) is 33.6 Å². The summed E-state index contributed by atoms with van der Waals surface area (Å²) in [6, 6.07) is 8.87. The van der Waals surface area contributed by atoms with Gasteiger partial charge < -0.3 is 10.0 Å². The number of piperidine rings is 1. The van der Waals surface area contributed by atoms with Crippen molar-refractivity contribution in [2.75, 3.05) is 26.7 Å². The summed E-state index contributed by atoms with van der Waals surface area (Å²) < 4.78 is 14.3. The molecule has 3 unspecified atom stereocenters. The van der Waals surface area contributed by atoms with Crippen LogP contribution in [0.1, 0.15) is 74.4 Å². The lowest BCUT2D eigenvalue weighted by molar-refractivity contribution is -0.145. The first kappa shape index (κ1) is 37.9. The van der Waals surface area contributed by atoms with Crippen molar-refractivity contribution in [2.24, 2.45) is 11.8 Å². The zero-order valence-electron chi connectivity index (χ0n) is 25.3. The van der Waals surface area contributed by atoms with Gasteiger partial charge in [0.1, 0.15) is 16.9 Å². The van der Waals surface area contributed by atoms with Gasteiger partial charge >= 0.3 is 5.97 Å². The van der Waals surface area contributed by atoms with Gasteiger partial charge in [0.25, 0.3) is 0 Å². The van der Waals surface area contributed by atoms with Gasteiger partial charge in [0.2, 0.25) is 0 Å². The minimum atomic E-state index is -0.762. The van der Waals surface area contributed by atoms with E-state index in [0.717, 1.165) is 62.3 Å². The molecule has 11 heteroatoms. The number of thiophene rings is 1. The number of aromatic nitrogens is 1. The van der Waals surface area contributed by atoms with Gasteiger partial charge in [0, 0.05) is 28.4 Å². The number of carboxylic acids is 1. The molecule has 0 bridgehead atoms. The molecule has 240 valence electrons. The molecule has 4 atom stereocenters. The van der Waals surface area contributed by atoms with Crippen LogP contribution in [0, 0.1) is 17.7 Å². The summed E-state index contributed by atoms with van der Waals surface area (Å²) in [6.07, 6.45) is 5.04. The van der Waals surface area contributed by atoms with E-state index in [1.165, 1.54) is 22.2 Å². The highest BCUT2D eigenvalue weighted by molar-refractivity contribution is 7.15. The Morgan fingerprint density at radius 2 is 1.88 bits per heavy atom. The summed E-state index contributed by atoms with van der Waals surface area (Å²) in [4.78, 5) is 23.2. The van der Waals surface area contributed by atoms with Crippen molar-refractivity contribution in [1.29, 1.82) is 0 Å². The van der Waals surface area contributed by atoms with E-state index in [1.54, 1.807) is 17.4 Å². The van der Waals surface area contributed by atoms with Gasteiger partial charge in [0.05, 0.1) is 5.69 Å². The molecule has 5 rings (SSSR count). The van der Waals surface area contributed by atoms with E-state index in [9.17, 15) is 14.3 Å². The van der Waals surface area contributed by atoms with Crippen molar-refractivity contribution in [3.8, 4) is 10.6 Å². The van der Waals surface area contributed by atoms with E-state index in [1.807, 2.05) is 44.4 Å². The fraction of sp³-hybridized carbons (Fsp3) is 0.562. The Kier molecular flexibility index (Phi) is 14.9. The molecule has 2 fully saturated rings. The molecular formula is C32H45Cl3FN3O2S2. The highest BCUT2D eigenvalue weighted by atomic mass is 35.5. The molecule has 1 aliphatic heterocycles.